The van der Waals surface area contributed by atoms with Gasteiger partial charge in [-0.2, -0.15) is 0 Å². The van der Waals surface area contributed by atoms with E-state index in [-0.39, 0.29) is 18.1 Å². The van der Waals surface area contributed by atoms with Gasteiger partial charge in [-0.1, -0.05) is 50.0 Å². The fourth-order valence-corrected chi connectivity index (χ4v) is 5.36. The number of nitrogens with one attached hydrogen (secondary N) is 1. The van der Waals surface area contributed by atoms with E-state index in [1.54, 1.807) is 5.57 Å². The van der Waals surface area contributed by atoms with E-state index in [9.17, 15) is 10.2 Å². The van der Waals surface area contributed by atoms with Crippen molar-refractivity contribution in [2.75, 3.05) is 32.7 Å². The van der Waals surface area contributed by atoms with Crippen LogP contribution in [0.25, 0.3) is 0 Å². The van der Waals surface area contributed by atoms with Crippen molar-refractivity contribution in [1.82, 2.24) is 10.2 Å². The molecule has 2 aliphatic carbocycles. The molecule has 0 bridgehead atoms. The molecule has 0 amide bonds. The predicted octanol–water partition coefficient (Wildman–Crippen LogP) is 3.50. The smallest absolute Gasteiger partial charge is 0.0721 e. The molecule has 0 aromatic heterocycles. The average molecular weight is 391 g/mol. The molecule has 0 aromatic carbocycles. The minimum absolute atomic E-state index is 0.211. The Bertz CT molecular complexity index is 513. The summed E-state index contributed by atoms with van der Waals surface area (Å²) in [5.41, 5.74) is 1.57. The lowest BCUT2D eigenvalue weighted by Gasteiger charge is -2.19. The number of allylic oxidation sites excluding steroid dienone is 1. The molecular weight excluding hydrogens is 348 g/mol. The van der Waals surface area contributed by atoms with Crippen LogP contribution in [0.4, 0.5) is 0 Å². The fraction of sp³-hybridized carbons (Fsp3) is 0.833. The molecule has 1 saturated heterocycles. The zero-order valence-corrected chi connectivity index (χ0v) is 17.9. The number of aliphatic hydroxyl groups excluding tert-OH is 2. The zero-order valence-electron chi connectivity index (χ0n) is 17.9. The van der Waals surface area contributed by atoms with Crippen LogP contribution in [0.3, 0.4) is 0 Å². The highest BCUT2D eigenvalue weighted by Crippen LogP contribution is 2.47. The van der Waals surface area contributed by atoms with Gasteiger partial charge in [-0.3, -0.25) is 0 Å². The van der Waals surface area contributed by atoms with E-state index in [2.05, 4.69) is 29.3 Å². The number of nitrogens with zero attached hydrogens (tertiary/aromatic N) is 1. The lowest BCUT2D eigenvalue weighted by Crippen LogP contribution is -2.30. The number of hydrogen-bond donors (Lipinski definition) is 3. The summed E-state index contributed by atoms with van der Waals surface area (Å²) >= 11 is 0. The molecule has 3 N–H and O–H groups in total. The summed E-state index contributed by atoms with van der Waals surface area (Å²) in [5, 5.41) is 24.3. The van der Waals surface area contributed by atoms with Gasteiger partial charge in [-0.05, 0) is 70.0 Å². The van der Waals surface area contributed by atoms with Crippen LogP contribution in [0.2, 0.25) is 0 Å². The maximum absolute atomic E-state index is 10.5. The Morgan fingerprint density at radius 3 is 2.86 bits per heavy atom. The Labute approximate surface area is 172 Å². The van der Waals surface area contributed by atoms with Crippen molar-refractivity contribution in [2.45, 2.75) is 76.9 Å². The van der Waals surface area contributed by atoms with Gasteiger partial charge in [0.1, 0.15) is 0 Å². The number of rotatable bonds is 12. The van der Waals surface area contributed by atoms with Crippen LogP contribution in [-0.2, 0) is 0 Å². The third-order valence-electron chi connectivity index (χ3n) is 7.04. The molecule has 0 unspecified atom stereocenters. The molecule has 4 heteroatoms. The van der Waals surface area contributed by atoms with Crippen LogP contribution in [0.5, 0.6) is 0 Å². The molecular formula is C24H42N2O2. The van der Waals surface area contributed by atoms with Crippen molar-refractivity contribution >= 4 is 0 Å². The average Bonchev–Trinajstić information content (AvgIpc) is 3.37. The molecule has 1 saturated carbocycles. The highest BCUT2D eigenvalue weighted by Gasteiger charge is 2.43. The van der Waals surface area contributed by atoms with E-state index in [1.165, 1.54) is 45.3 Å². The molecule has 2 fully saturated rings. The normalized spacial score (nSPS) is 31.6. The number of fused-ring (bicyclic) bond motifs is 1. The van der Waals surface area contributed by atoms with Gasteiger partial charge in [-0.25, -0.2) is 0 Å². The molecule has 3 rings (SSSR count). The lowest BCUT2D eigenvalue weighted by atomic mass is 9.88. The van der Waals surface area contributed by atoms with E-state index in [0.717, 1.165) is 45.2 Å². The first-order valence-corrected chi connectivity index (χ1v) is 11.8. The maximum Gasteiger partial charge on any atom is 0.0721 e. The summed E-state index contributed by atoms with van der Waals surface area (Å²) in [6.07, 6.45) is 16.1. The summed E-state index contributed by atoms with van der Waals surface area (Å²) in [4.78, 5) is 2.56. The number of aliphatic hydroxyl groups is 2. The predicted molar refractivity (Wildman–Crippen MR) is 116 cm³/mol. The van der Waals surface area contributed by atoms with Gasteiger partial charge in [0.05, 0.1) is 12.2 Å². The summed E-state index contributed by atoms with van der Waals surface area (Å²) in [5.74, 6) is 1.28. The first-order valence-electron chi connectivity index (χ1n) is 11.8. The van der Waals surface area contributed by atoms with Crippen LogP contribution >= 0.6 is 0 Å². The largest absolute Gasteiger partial charge is 0.392 e. The first-order chi connectivity index (χ1) is 13.7. The van der Waals surface area contributed by atoms with Gasteiger partial charge in [0.2, 0.25) is 0 Å². The van der Waals surface area contributed by atoms with Gasteiger partial charge in [0.25, 0.3) is 0 Å². The summed E-state index contributed by atoms with van der Waals surface area (Å²) < 4.78 is 0. The number of hydrogen-bond acceptors (Lipinski definition) is 4. The van der Waals surface area contributed by atoms with Gasteiger partial charge in [0, 0.05) is 19.0 Å². The minimum atomic E-state index is -0.355. The Kier molecular flexibility index (Phi) is 9.04. The zero-order chi connectivity index (χ0) is 19.8. The minimum Gasteiger partial charge on any atom is -0.392 e. The molecule has 0 radical (unpaired) electrons. The third kappa shape index (κ3) is 6.41. The number of unbranched alkanes of at least 4 members (excludes halogenated alkanes) is 2. The Hall–Kier alpha value is -0.680. The van der Waals surface area contributed by atoms with Crippen molar-refractivity contribution in [2.24, 2.45) is 17.8 Å². The van der Waals surface area contributed by atoms with Crippen molar-refractivity contribution in [3.63, 3.8) is 0 Å². The molecule has 3 aliphatic rings. The van der Waals surface area contributed by atoms with E-state index in [1.807, 2.05) is 6.08 Å². The summed E-state index contributed by atoms with van der Waals surface area (Å²) in [6.45, 7) is 8.09. The van der Waals surface area contributed by atoms with Crippen LogP contribution in [0, 0.1) is 17.8 Å². The van der Waals surface area contributed by atoms with Gasteiger partial charge >= 0.3 is 0 Å². The van der Waals surface area contributed by atoms with E-state index >= 15 is 0 Å². The van der Waals surface area contributed by atoms with Crippen LogP contribution in [0.15, 0.2) is 23.8 Å². The quantitative estimate of drug-likeness (QED) is 0.353. The van der Waals surface area contributed by atoms with Crippen LogP contribution < -0.4 is 5.32 Å². The van der Waals surface area contributed by atoms with E-state index in [0.29, 0.717) is 11.8 Å². The maximum atomic E-state index is 10.5. The van der Waals surface area contributed by atoms with Crippen molar-refractivity contribution < 1.29 is 10.2 Å². The Morgan fingerprint density at radius 2 is 2.07 bits per heavy atom. The molecule has 0 aromatic rings. The molecule has 160 valence electrons. The van der Waals surface area contributed by atoms with Gasteiger partial charge in [-0.15, -0.1) is 0 Å². The van der Waals surface area contributed by atoms with Crippen LogP contribution in [0.1, 0.15) is 64.7 Å². The Balaban J connectivity index is 1.36. The monoisotopic (exact) mass is 390 g/mol. The first kappa shape index (κ1) is 22.0. The molecule has 1 aliphatic heterocycles. The van der Waals surface area contributed by atoms with E-state index < -0.39 is 0 Å². The second-order valence-electron chi connectivity index (χ2n) is 9.23. The molecule has 5 atom stereocenters. The fourth-order valence-electron chi connectivity index (χ4n) is 5.36. The molecule has 4 nitrogen and oxygen atoms in total. The second-order valence-corrected chi connectivity index (χ2v) is 9.23. The van der Waals surface area contributed by atoms with Gasteiger partial charge in [0.15, 0.2) is 0 Å². The van der Waals surface area contributed by atoms with Crippen molar-refractivity contribution in [3.8, 4) is 0 Å². The van der Waals surface area contributed by atoms with E-state index in [4.69, 9.17) is 0 Å². The second kappa shape index (κ2) is 11.5. The van der Waals surface area contributed by atoms with Crippen molar-refractivity contribution in [1.29, 1.82) is 0 Å². The molecule has 1 heterocycles. The SMILES string of the molecule is CCCCC[C@H](O)C=C[C@@H]1[C@H]2CC(CCNCCN3CCCC3)=C[C@H]2C[C@H]1O. The summed E-state index contributed by atoms with van der Waals surface area (Å²) in [7, 11) is 0. The molecule has 28 heavy (non-hydrogen) atoms. The number of likely N-dealkylation sites (tertiary alicyclic amines) is 1. The highest BCUT2D eigenvalue weighted by atomic mass is 16.3. The highest BCUT2D eigenvalue weighted by molar-refractivity contribution is 5.21. The summed E-state index contributed by atoms with van der Waals surface area (Å²) in [6, 6.07) is 0. The Morgan fingerprint density at radius 1 is 1.25 bits per heavy atom. The topological polar surface area (TPSA) is 55.7 Å². The van der Waals surface area contributed by atoms with Gasteiger partial charge < -0.3 is 20.4 Å². The lowest BCUT2D eigenvalue weighted by molar-refractivity contribution is 0.139. The van der Waals surface area contributed by atoms with Crippen LogP contribution in [-0.4, -0.2) is 60.0 Å². The van der Waals surface area contributed by atoms with Crippen molar-refractivity contribution in [3.05, 3.63) is 23.8 Å². The standard InChI is InChI=1S/C24H42N2O2/c1-2-3-4-7-21(27)8-9-22-23-17-19(16-20(23)18-24(22)28)10-11-25-12-15-26-13-5-6-14-26/h8-9,16,20-25,27-28H,2-7,10-15,17-18H2,1H3/t20-,21-,22+,23-,24+/m0/s1. The molecule has 0 spiro atoms. The third-order valence-corrected chi connectivity index (χ3v) is 7.04.